The highest BCUT2D eigenvalue weighted by molar-refractivity contribution is 6.06. The Morgan fingerprint density at radius 2 is 1.92 bits per heavy atom. The van der Waals surface area contributed by atoms with Crippen LogP contribution < -0.4 is 10.6 Å². The molecular formula is C27H22F2N6O2. The van der Waals surface area contributed by atoms with E-state index in [1.807, 2.05) is 4.57 Å². The number of fused-ring (bicyclic) bond motifs is 4. The first kappa shape index (κ1) is 22.8. The number of benzene rings is 2. The first-order chi connectivity index (χ1) is 17.9. The zero-order valence-electron chi connectivity index (χ0n) is 19.8. The molecule has 3 aromatic heterocycles. The topological polar surface area (TPSA) is 93.8 Å². The van der Waals surface area contributed by atoms with Crippen LogP contribution in [0.2, 0.25) is 0 Å². The summed E-state index contributed by atoms with van der Waals surface area (Å²) < 4.78 is 31.4. The van der Waals surface area contributed by atoms with Gasteiger partial charge in [-0.1, -0.05) is 12.1 Å². The molecule has 1 aliphatic heterocycles. The van der Waals surface area contributed by atoms with E-state index in [1.165, 1.54) is 31.2 Å². The molecule has 0 bridgehead atoms. The molecule has 4 heterocycles. The number of halogens is 2. The average molecular weight is 501 g/mol. The van der Waals surface area contributed by atoms with Crippen molar-refractivity contribution in [3.63, 3.8) is 0 Å². The van der Waals surface area contributed by atoms with E-state index in [2.05, 4.69) is 20.6 Å². The third-order valence-corrected chi connectivity index (χ3v) is 6.53. The molecule has 10 heteroatoms. The third kappa shape index (κ3) is 4.20. The quantitative estimate of drug-likeness (QED) is 0.370. The van der Waals surface area contributed by atoms with Gasteiger partial charge in [0.05, 0.1) is 17.9 Å². The Labute approximate surface area is 209 Å². The molecule has 2 aromatic carbocycles. The van der Waals surface area contributed by atoms with E-state index in [-0.39, 0.29) is 24.3 Å². The number of hydrogen-bond acceptors (Lipinski definition) is 4. The van der Waals surface area contributed by atoms with Crippen LogP contribution in [0.25, 0.3) is 22.1 Å². The highest BCUT2D eigenvalue weighted by Gasteiger charge is 2.28. The Morgan fingerprint density at radius 3 is 2.73 bits per heavy atom. The molecular weight excluding hydrogens is 478 g/mol. The second-order valence-corrected chi connectivity index (χ2v) is 9.13. The normalized spacial score (nSPS) is 14.7. The van der Waals surface area contributed by atoms with Crippen LogP contribution in [0.4, 0.5) is 14.5 Å². The van der Waals surface area contributed by atoms with Gasteiger partial charge in [0.25, 0.3) is 5.91 Å². The molecule has 5 aromatic rings. The van der Waals surface area contributed by atoms with Crippen molar-refractivity contribution in [2.75, 3.05) is 5.32 Å². The lowest BCUT2D eigenvalue weighted by atomic mass is 10.2. The van der Waals surface area contributed by atoms with Crippen molar-refractivity contribution in [1.82, 2.24) is 24.4 Å². The second-order valence-electron chi connectivity index (χ2n) is 9.13. The van der Waals surface area contributed by atoms with Crippen molar-refractivity contribution in [1.29, 1.82) is 0 Å². The molecule has 0 aliphatic carbocycles. The molecule has 186 valence electrons. The van der Waals surface area contributed by atoms with Crippen LogP contribution in [0.5, 0.6) is 0 Å². The minimum absolute atomic E-state index is 0.125. The van der Waals surface area contributed by atoms with E-state index in [4.69, 9.17) is 0 Å². The van der Waals surface area contributed by atoms with Gasteiger partial charge in [0, 0.05) is 30.9 Å². The van der Waals surface area contributed by atoms with Crippen molar-refractivity contribution in [2.24, 2.45) is 0 Å². The van der Waals surface area contributed by atoms with Crippen molar-refractivity contribution in [2.45, 2.75) is 32.5 Å². The van der Waals surface area contributed by atoms with Crippen LogP contribution in [-0.4, -0.2) is 30.9 Å². The minimum Gasteiger partial charge on any atom is -0.346 e. The predicted octanol–water partition coefficient (Wildman–Crippen LogP) is 4.55. The standard InChI is InChI=1S/C27H22F2N6O2/c1-15(36)31-21-7-8-34-25-22(33-26(21)34)12-20(13-30-25)32-27(37)24-11-17-10-19(29)5-6-23(17)35(24)14-16-3-2-4-18(28)9-16/h2-6,9-13,21H,7-8,14H2,1H3,(H,31,36)(H,32,37). The first-order valence-electron chi connectivity index (χ1n) is 11.8. The number of imidazole rings is 1. The zero-order chi connectivity index (χ0) is 25.7. The van der Waals surface area contributed by atoms with Gasteiger partial charge in [-0.15, -0.1) is 0 Å². The summed E-state index contributed by atoms with van der Waals surface area (Å²) in [6, 6.07) is 13.6. The van der Waals surface area contributed by atoms with Gasteiger partial charge in [0.15, 0.2) is 5.65 Å². The summed E-state index contributed by atoms with van der Waals surface area (Å²) in [5.74, 6) is -0.601. The Kier molecular flexibility index (Phi) is 5.44. The molecule has 0 radical (unpaired) electrons. The van der Waals surface area contributed by atoms with Crippen molar-refractivity contribution < 1.29 is 18.4 Å². The molecule has 0 fully saturated rings. The van der Waals surface area contributed by atoms with Crippen molar-refractivity contribution in [3.8, 4) is 0 Å². The summed E-state index contributed by atoms with van der Waals surface area (Å²) in [4.78, 5) is 34.1. The molecule has 0 saturated heterocycles. The molecule has 1 unspecified atom stereocenters. The highest BCUT2D eigenvalue weighted by Crippen LogP contribution is 2.30. The lowest BCUT2D eigenvalue weighted by molar-refractivity contribution is -0.119. The molecule has 2 amide bonds. The molecule has 2 N–H and O–H groups in total. The van der Waals surface area contributed by atoms with Crippen LogP contribution in [-0.2, 0) is 17.9 Å². The van der Waals surface area contributed by atoms with Gasteiger partial charge in [-0.2, -0.15) is 0 Å². The Hall–Kier alpha value is -4.60. The predicted molar refractivity (Wildman–Crippen MR) is 134 cm³/mol. The van der Waals surface area contributed by atoms with Gasteiger partial charge in [0.1, 0.15) is 28.7 Å². The second kappa shape index (κ2) is 8.81. The monoisotopic (exact) mass is 500 g/mol. The fourth-order valence-electron chi connectivity index (χ4n) is 4.97. The number of nitrogens with one attached hydrogen (secondary N) is 2. The van der Waals surface area contributed by atoms with E-state index >= 15 is 0 Å². The van der Waals surface area contributed by atoms with E-state index in [9.17, 15) is 18.4 Å². The summed E-state index contributed by atoms with van der Waals surface area (Å²) in [7, 11) is 0. The number of rotatable bonds is 5. The number of amides is 2. The van der Waals surface area contributed by atoms with Gasteiger partial charge in [-0.3, -0.25) is 9.59 Å². The van der Waals surface area contributed by atoms with Crippen LogP contribution in [0, 0.1) is 11.6 Å². The van der Waals surface area contributed by atoms with E-state index < -0.39 is 11.7 Å². The molecule has 1 aliphatic rings. The summed E-state index contributed by atoms with van der Waals surface area (Å²) in [6.07, 6.45) is 2.30. The molecule has 0 saturated carbocycles. The highest BCUT2D eigenvalue weighted by atomic mass is 19.1. The fourth-order valence-corrected chi connectivity index (χ4v) is 4.97. The first-order valence-corrected chi connectivity index (χ1v) is 11.8. The van der Waals surface area contributed by atoms with E-state index in [0.29, 0.717) is 45.6 Å². The van der Waals surface area contributed by atoms with Gasteiger partial charge in [-0.05, 0) is 54.4 Å². The molecule has 8 nitrogen and oxygen atoms in total. The zero-order valence-corrected chi connectivity index (χ0v) is 19.8. The van der Waals surface area contributed by atoms with Crippen LogP contribution in [0.3, 0.4) is 0 Å². The maximum Gasteiger partial charge on any atom is 0.272 e. The van der Waals surface area contributed by atoms with E-state index in [1.54, 1.807) is 41.1 Å². The van der Waals surface area contributed by atoms with E-state index in [0.717, 1.165) is 12.2 Å². The lowest BCUT2D eigenvalue weighted by Crippen LogP contribution is -2.24. The smallest absolute Gasteiger partial charge is 0.272 e. The minimum atomic E-state index is -0.419. The summed E-state index contributed by atoms with van der Waals surface area (Å²) in [5.41, 5.74) is 3.34. The number of aromatic nitrogens is 4. The number of anilines is 1. The van der Waals surface area contributed by atoms with Gasteiger partial charge in [-0.25, -0.2) is 18.7 Å². The van der Waals surface area contributed by atoms with Crippen LogP contribution in [0.1, 0.15) is 41.3 Å². The number of carbonyl (C=O) groups is 2. The summed E-state index contributed by atoms with van der Waals surface area (Å²) in [5, 5.41) is 6.32. The number of carbonyl (C=O) groups excluding carboxylic acids is 2. The van der Waals surface area contributed by atoms with Crippen LogP contribution >= 0.6 is 0 Å². The lowest BCUT2D eigenvalue weighted by Gasteiger charge is -2.12. The summed E-state index contributed by atoms with van der Waals surface area (Å²) >= 11 is 0. The largest absolute Gasteiger partial charge is 0.346 e. The Bertz CT molecular complexity index is 1710. The Morgan fingerprint density at radius 1 is 1.08 bits per heavy atom. The molecule has 37 heavy (non-hydrogen) atoms. The number of nitrogens with zero attached hydrogens (tertiary/aromatic N) is 4. The van der Waals surface area contributed by atoms with Crippen molar-refractivity contribution in [3.05, 3.63) is 89.5 Å². The molecule has 0 spiro atoms. The third-order valence-electron chi connectivity index (χ3n) is 6.53. The van der Waals surface area contributed by atoms with Crippen LogP contribution in [0.15, 0.2) is 60.8 Å². The number of hydrogen-bond donors (Lipinski definition) is 2. The Balaban J connectivity index is 1.33. The fraction of sp³-hybridized carbons (Fsp3) is 0.185. The molecule has 1 atom stereocenters. The summed E-state index contributed by atoms with van der Waals surface area (Å²) in [6.45, 7) is 2.39. The SMILES string of the molecule is CC(=O)NC1CCn2c1nc1cc(NC(=O)c3cc4cc(F)ccc4n3Cc3cccc(F)c3)cnc12. The maximum absolute atomic E-state index is 13.9. The van der Waals surface area contributed by atoms with Gasteiger partial charge >= 0.3 is 0 Å². The maximum atomic E-state index is 13.9. The van der Waals surface area contributed by atoms with Gasteiger partial charge in [0.2, 0.25) is 5.91 Å². The average Bonchev–Trinajstić information content (AvgIpc) is 3.51. The van der Waals surface area contributed by atoms with Crippen molar-refractivity contribution >= 4 is 39.6 Å². The number of pyridine rings is 1. The number of aryl methyl sites for hydroxylation is 1. The van der Waals surface area contributed by atoms with Gasteiger partial charge < -0.3 is 19.8 Å². The molecule has 6 rings (SSSR count).